The van der Waals surface area contributed by atoms with E-state index < -0.39 is 0 Å². The van der Waals surface area contributed by atoms with Gasteiger partial charge in [0.15, 0.2) is 11.0 Å². The first-order chi connectivity index (χ1) is 15.0. The highest BCUT2D eigenvalue weighted by atomic mass is 127. The molecule has 0 unspecified atom stereocenters. The maximum atomic E-state index is 12.5. The second kappa shape index (κ2) is 9.84. The number of carbonyl (C=O) groups excluding carboxylic acids is 1. The molecule has 156 valence electrons. The quantitative estimate of drug-likeness (QED) is 0.216. The highest BCUT2D eigenvalue weighted by molar-refractivity contribution is 14.1. The molecule has 0 aliphatic rings. The predicted octanol–water partition coefficient (Wildman–Crippen LogP) is 5.74. The highest BCUT2D eigenvalue weighted by Gasteiger charge is 2.19. The number of carbonyl (C=O) groups is 1. The summed E-state index contributed by atoms with van der Waals surface area (Å²) in [5.74, 6) is 0.619. The molecular weight excluding hydrogens is 591 g/mol. The molecule has 2 N–H and O–H groups in total. The molecule has 0 bridgehead atoms. The topological polar surface area (TPSA) is 80.0 Å². The minimum absolute atomic E-state index is 0.0979. The summed E-state index contributed by atoms with van der Waals surface area (Å²) in [7, 11) is 0. The van der Waals surface area contributed by atoms with Gasteiger partial charge in [0.05, 0.1) is 11.3 Å². The Morgan fingerprint density at radius 1 is 1.06 bits per heavy atom. The van der Waals surface area contributed by atoms with E-state index in [1.54, 1.807) is 18.2 Å². The summed E-state index contributed by atoms with van der Waals surface area (Å²) in [5.41, 5.74) is 2.13. The number of nitrogens with zero attached hydrogens (tertiary/aromatic N) is 3. The molecule has 1 amide bonds. The lowest BCUT2D eigenvalue weighted by atomic mass is 10.2. The molecule has 1 aromatic heterocycles. The summed E-state index contributed by atoms with van der Waals surface area (Å²) in [4.78, 5) is 12.5. The fourth-order valence-corrected chi connectivity index (χ4v) is 4.58. The first-order valence-electron chi connectivity index (χ1n) is 9.19. The summed E-state index contributed by atoms with van der Waals surface area (Å²) in [6.07, 6.45) is 0. The number of rotatable bonds is 6. The standard InChI is InChI=1S/C22H16BrIN4O2S/c23-14-9-10-19(29)18(11-14)21-26-27-22(28(21)17-7-2-1-3-8-17)31-13-20(30)25-16-6-4-5-15(24)12-16/h1-12,29H,13H2,(H,25,30). The normalized spacial score (nSPS) is 10.8. The fourth-order valence-electron chi connectivity index (χ4n) is 2.93. The summed E-state index contributed by atoms with van der Waals surface area (Å²) >= 11 is 6.93. The third-order valence-corrected chi connectivity index (χ3v) is 6.38. The average molecular weight is 607 g/mol. The van der Waals surface area contributed by atoms with Gasteiger partial charge in [-0.25, -0.2) is 0 Å². The fraction of sp³-hybridized carbons (Fsp3) is 0.0455. The lowest BCUT2D eigenvalue weighted by Crippen LogP contribution is -2.14. The Morgan fingerprint density at radius 2 is 1.87 bits per heavy atom. The smallest absolute Gasteiger partial charge is 0.234 e. The number of nitrogens with one attached hydrogen (secondary N) is 1. The number of aromatic hydroxyl groups is 1. The number of hydrogen-bond donors (Lipinski definition) is 2. The van der Waals surface area contributed by atoms with Crippen molar-refractivity contribution in [2.45, 2.75) is 5.16 Å². The van der Waals surface area contributed by atoms with Gasteiger partial charge >= 0.3 is 0 Å². The van der Waals surface area contributed by atoms with Gasteiger partial charge in [0.25, 0.3) is 0 Å². The van der Waals surface area contributed by atoms with Crippen LogP contribution in [0, 0.1) is 3.57 Å². The van der Waals surface area contributed by atoms with Crippen LogP contribution >= 0.6 is 50.3 Å². The van der Waals surface area contributed by atoms with Crippen molar-refractivity contribution in [3.63, 3.8) is 0 Å². The molecule has 0 radical (unpaired) electrons. The molecule has 6 nitrogen and oxygen atoms in total. The van der Waals surface area contributed by atoms with Crippen molar-refractivity contribution in [1.29, 1.82) is 0 Å². The minimum Gasteiger partial charge on any atom is -0.507 e. The number of amides is 1. The number of anilines is 1. The average Bonchev–Trinajstić information content (AvgIpc) is 3.18. The molecular formula is C22H16BrIN4O2S. The summed E-state index contributed by atoms with van der Waals surface area (Å²) in [5, 5.41) is 22.5. The van der Waals surface area contributed by atoms with Crippen LogP contribution in [0.3, 0.4) is 0 Å². The summed E-state index contributed by atoms with van der Waals surface area (Å²) < 4.78 is 3.70. The van der Waals surface area contributed by atoms with Crippen LogP contribution in [0.5, 0.6) is 5.75 Å². The molecule has 4 aromatic rings. The van der Waals surface area contributed by atoms with E-state index >= 15 is 0 Å². The zero-order chi connectivity index (χ0) is 21.8. The van der Waals surface area contributed by atoms with Gasteiger partial charge in [0.2, 0.25) is 5.91 Å². The van der Waals surface area contributed by atoms with Crippen LogP contribution in [0.4, 0.5) is 5.69 Å². The van der Waals surface area contributed by atoms with Crippen LogP contribution in [0.25, 0.3) is 17.1 Å². The molecule has 9 heteroatoms. The second-order valence-electron chi connectivity index (χ2n) is 6.49. The molecule has 3 aromatic carbocycles. The largest absolute Gasteiger partial charge is 0.507 e. The number of thioether (sulfide) groups is 1. The Morgan fingerprint density at radius 3 is 2.65 bits per heavy atom. The number of phenolic OH excluding ortho intramolecular Hbond substituents is 1. The Balaban J connectivity index is 1.63. The summed E-state index contributed by atoms with van der Waals surface area (Å²) in [6.45, 7) is 0. The van der Waals surface area contributed by atoms with Crippen molar-refractivity contribution >= 4 is 61.9 Å². The predicted molar refractivity (Wildman–Crippen MR) is 135 cm³/mol. The van der Waals surface area contributed by atoms with Crippen LogP contribution in [0.15, 0.2) is 82.4 Å². The van der Waals surface area contributed by atoms with Gasteiger partial charge in [-0.1, -0.05) is 52.0 Å². The van der Waals surface area contributed by atoms with Crippen molar-refractivity contribution < 1.29 is 9.90 Å². The van der Waals surface area contributed by atoms with E-state index in [2.05, 4.69) is 54.0 Å². The first-order valence-corrected chi connectivity index (χ1v) is 12.0. The zero-order valence-corrected chi connectivity index (χ0v) is 20.6. The molecule has 4 rings (SSSR count). The zero-order valence-electron chi connectivity index (χ0n) is 16.0. The highest BCUT2D eigenvalue weighted by Crippen LogP contribution is 2.34. The number of benzene rings is 3. The first kappa shape index (κ1) is 21.8. The van der Waals surface area contributed by atoms with Crippen molar-refractivity contribution in [3.8, 4) is 22.8 Å². The van der Waals surface area contributed by atoms with Gasteiger partial charge in [0.1, 0.15) is 5.75 Å². The van der Waals surface area contributed by atoms with Crippen LogP contribution in [-0.4, -0.2) is 31.5 Å². The number of aromatic nitrogens is 3. The van der Waals surface area contributed by atoms with Crippen molar-refractivity contribution in [1.82, 2.24) is 14.8 Å². The molecule has 0 saturated heterocycles. The van der Waals surface area contributed by atoms with E-state index in [1.165, 1.54) is 11.8 Å². The van der Waals surface area contributed by atoms with E-state index in [9.17, 15) is 9.90 Å². The maximum Gasteiger partial charge on any atom is 0.234 e. The van der Waals surface area contributed by atoms with Gasteiger partial charge in [0, 0.05) is 19.4 Å². The number of halogens is 2. The summed E-state index contributed by atoms with van der Waals surface area (Å²) in [6, 6.07) is 22.4. The lowest BCUT2D eigenvalue weighted by Gasteiger charge is -2.11. The molecule has 0 aliphatic heterocycles. The van der Waals surface area contributed by atoms with Gasteiger partial charge in [-0.2, -0.15) is 0 Å². The number of phenols is 1. The van der Waals surface area contributed by atoms with Gasteiger partial charge in [-0.3, -0.25) is 9.36 Å². The molecule has 0 spiro atoms. The SMILES string of the molecule is O=C(CSc1nnc(-c2cc(Br)ccc2O)n1-c1ccccc1)Nc1cccc(I)c1. The Kier molecular flexibility index (Phi) is 6.93. The van der Waals surface area contributed by atoms with Crippen molar-refractivity contribution in [2.24, 2.45) is 0 Å². The van der Waals surface area contributed by atoms with Crippen LogP contribution in [-0.2, 0) is 4.79 Å². The number of para-hydroxylation sites is 1. The third-order valence-electron chi connectivity index (χ3n) is 4.29. The molecule has 0 saturated carbocycles. The van der Waals surface area contributed by atoms with Crippen LogP contribution < -0.4 is 5.32 Å². The van der Waals surface area contributed by atoms with Crippen molar-refractivity contribution in [3.05, 3.63) is 80.8 Å². The van der Waals surface area contributed by atoms with E-state index in [0.717, 1.165) is 19.4 Å². The van der Waals surface area contributed by atoms with Crippen LogP contribution in [0.1, 0.15) is 0 Å². The minimum atomic E-state index is -0.138. The van der Waals surface area contributed by atoms with E-state index in [0.29, 0.717) is 16.5 Å². The van der Waals surface area contributed by atoms with E-state index in [4.69, 9.17) is 0 Å². The molecule has 31 heavy (non-hydrogen) atoms. The molecule has 0 aliphatic carbocycles. The molecule has 1 heterocycles. The van der Waals surface area contributed by atoms with E-state index in [1.807, 2.05) is 59.2 Å². The lowest BCUT2D eigenvalue weighted by molar-refractivity contribution is -0.113. The second-order valence-corrected chi connectivity index (χ2v) is 9.59. The van der Waals surface area contributed by atoms with Crippen LogP contribution in [0.2, 0.25) is 0 Å². The Hall–Kier alpha value is -2.37. The van der Waals surface area contributed by atoms with E-state index in [-0.39, 0.29) is 17.4 Å². The Labute approximate surface area is 205 Å². The monoisotopic (exact) mass is 606 g/mol. The Bertz CT molecular complexity index is 1230. The number of hydrogen-bond acceptors (Lipinski definition) is 5. The maximum absolute atomic E-state index is 12.5. The van der Waals surface area contributed by atoms with Gasteiger partial charge in [-0.05, 0) is 71.1 Å². The molecule has 0 atom stereocenters. The molecule has 0 fully saturated rings. The van der Waals surface area contributed by atoms with Gasteiger partial charge in [-0.15, -0.1) is 10.2 Å². The van der Waals surface area contributed by atoms with Gasteiger partial charge < -0.3 is 10.4 Å². The van der Waals surface area contributed by atoms with Crippen molar-refractivity contribution in [2.75, 3.05) is 11.1 Å². The third kappa shape index (κ3) is 5.28.